The van der Waals surface area contributed by atoms with Crippen molar-refractivity contribution in [3.8, 4) is 0 Å². The number of benzene rings is 2. The Morgan fingerprint density at radius 1 is 0.840 bits per heavy atom. The molecule has 2 amide bonds. The number of anilines is 2. The van der Waals surface area contributed by atoms with Gasteiger partial charge in [0.05, 0.1) is 12.7 Å². The van der Waals surface area contributed by atoms with Gasteiger partial charge in [-0.15, -0.1) is 0 Å². The summed E-state index contributed by atoms with van der Waals surface area (Å²) in [6.07, 6.45) is 1.26. The second kappa shape index (κ2) is 8.63. The first kappa shape index (κ1) is 18.2. The van der Waals surface area contributed by atoms with Crippen molar-refractivity contribution in [1.29, 1.82) is 0 Å². The number of amides is 2. The first-order chi connectivity index (χ1) is 12.0. The molecule has 0 radical (unpaired) electrons. The van der Waals surface area contributed by atoms with Gasteiger partial charge in [0.2, 0.25) is 5.91 Å². The van der Waals surface area contributed by atoms with Crippen LogP contribution in [-0.4, -0.2) is 24.9 Å². The second-order valence-corrected chi connectivity index (χ2v) is 5.40. The molecule has 0 aliphatic rings. The molecule has 0 saturated heterocycles. The fourth-order valence-corrected chi connectivity index (χ4v) is 2.17. The average Bonchev–Trinajstić information content (AvgIpc) is 2.63. The van der Waals surface area contributed by atoms with Gasteiger partial charge >= 0.3 is 5.97 Å². The monoisotopic (exact) mass is 340 g/mol. The largest absolute Gasteiger partial charge is 0.465 e. The first-order valence-electron chi connectivity index (χ1n) is 7.93. The summed E-state index contributed by atoms with van der Waals surface area (Å²) < 4.78 is 4.62. The molecule has 0 spiro atoms. The lowest BCUT2D eigenvalue weighted by molar-refractivity contribution is -0.116. The summed E-state index contributed by atoms with van der Waals surface area (Å²) in [5, 5.41) is 5.54. The molecule has 0 saturated carbocycles. The minimum absolute atomic E-state index is 0.0371. The fraction of sp³-hybridized carbons (Fsp3) is 0.211. The molecule has 0 bridgehead atoms. The van der Waals surface area contributed by atoms with Crippen LogP contribution in [0.15, 0.2) is 48.5 Å². The van der Waals surface area contributed by atoms with E-state index < -0.39 is 5.97 Å². The van der Waals surface area contributed by atoms with Crippen molar-refractivity contribution in [2.24, 2.45) is 0 Å². The number of ether oxygens (including phenoxy) is 1. The Hall–Kier alpha value is -3.15. The van der Waals surface area contributed by atoms with E-state index >= 15 is 0 Å². The SMILES string of the molecule is CCCC(=O)Nc1ccc(NC(=O)c2ccc(C(=O)OC)cc2)cc1. The Labute approximate surface area is 146 Å². The molecule has 2 N–H and O–H groups in total. The Bertz CT molecular complexity index is 752. The van der Waals surface area contributed by atoms with Crippen molar-refractivity contribution < 1.29 is 19.1 Å². The molecule has 0 fully saturated rings. The minimum Gasteiger partial charge on any atom is -0.465 e. The van der Waals surface area contributed by atoms with Gasteiger partial charge in [-0.05, 0) is 55.0 Å². The molecule has 6 heteroatoms. The van der Waals surface area contributed by atoms with Crippen LogP contribution in [0.5, 0.6) is 0 Å². The molecular weight excluding hydrogens is 320 g/mol. The summed E-state index contributed by atoms with van der Waals surface area (Å²) in [5.41, 5.74) is 2.09. The molecule has 6 nitrogen and oxygen atoms in total. The van der Waals surface area contributed by atoms with E-state index in [9.17, 15) is 14.4 Å². The van der Waals surface area contributed by atoms with Crippen LogP contribution in [0.4, 0.5) is 11.4 Å². The molecule has 0 aliphatic carbocycles. The molecule has 0 unspecified atom stereocenters. The van der Waals surface area contributed by atoms with Gasteiger partial charge in [-0.25, -0.2) is 4.79 Å². The van der Waals surface area contributed by atoms with E-state index in [4.69, 9.17) is 0 Å². The second-order valence-electron chi connectivity index (χ2n) is 5.40. The molecule has 2 aromatic rings. The minimum atomic E-state index is -0.451. The Kier molecular flexibility index (Phi) is 6.28. The molecule has 2 rings (SSSR count). The van der Waals surface area contributed by atoms with E-state index in [0.717, 1.165) is 6.42 Å². The number of carbonyl (C=O) groups excluding carboxylic acids is 3. The summed E-state index contributed by atoms with van der Waals surface area (Å²) in [6.45, 7) is 1.94. The van der Waals surface area contributed by atoms with E-state index in [1.54, 1.807) is 36.4 Å². The third-order valence-electron chi connectivity index (χ3n) is 3.47. The quantitative estimate of drug-likeness (QED) is 0.789. The number of carbonyl (C=O) groups is 3. The van der Waals surface area contributed by atoms with E-state index in [0.29, 0.717) is 28.9 Å². The molecule has 130 valence electrons. The van der Waals surface area contributed by atoms with Gasteiger partial charge < -0.3 is 15.4 Å². The van der Waals surface area contributed by atoms with E-state index in [1.807, 2.05) is 6.92 Å². The smallest absolute Gasteiger partial charge is 0.337 e. The molecule has 0 atom stereocenters. The van der Waals surface area contributed by atoms with Crippen LogP contribution in [0, 0.1) is 0 Å². The topological polar surface area (TPSA) is 84.5 Å². The summed E-state index contributed by atoms with van der Waals surface area (Å²) in [5.74, 6) is -0.781. The summed E-state index contributed by atoms with van der Waals surface area (Å²) in [4.78, 5) is 35.1. The van der Waals surface area contributed by atoms with Crippen molar-refractivity contribution in [3.63, 3.8) is 0 Å². The molecule has 0 aromatic heterocycles. The molecular formula is C19H20N2O4. The zero-order valence-corrected chi connectivity index (χ0v) is 14.2. The Morgan fingerprint density at radius 3 is 1.88 bits per heavy atom. The first-order valence-corrected chi connectivity index (χ1v) is 7.93. The zero-order valence-electron chi connectivity index (χ0n) is 14.2. The van der Waals surface area contributed by atoms with Gasteiger partial charge in [0.25, 0.3) is 5.91 Å². The highest BCUT2D eigenvalue weighted by atomic mass is 16.5. The highest BCUT2D eigenvalue weighted by molar-refractivity contribution is 6.05. The molecule has 0 heterocycles. The van der Waals surface area contributed by atoms with Gasteiger partial charge in [0.1, 0.15) is 0 Å². The van der Waals surface area contributed by atoms with Crippen LogP contribution < -0.4 is 10.6 Å². The highest BCUT2D eigenvalue weighted by Gasteiger charge is 2.09. The van der Waals surface area contributed by atoms with Gasteiger partial charge in [-0.3, -0.25) is 9.59 Å². The van der Waals surface area contributed by atoms with E-state index in [1.165, 1.54) is 19.2 Å². The standard InChI is InChI=1S/C19H20N2O4/c1-3-4-17(22)20-15-9-11-16(12-10-15)21-18(23)13-5-7-14(8-6-13)19(24)25-2/h5-12H,3-4H2,1-2H3,(H,20,22)(H,21,23). The van der Waals surface area contributed by atoms with Crippen LogP contribution in [0.1, 0.15) is 40.5 Å². The highest BCUT2D eigenvalue weighted by Crippen LogP contribution is 2.15. The van der Waals surface area contributed by atoms with Gasteiger partial charge in [-0.2, -0.15) is 0 Å². The van der Waals surface area contributed by atoms with E-state index in [2.05, 4.69) is 15.4 Å². The Balaban J connectivity index is 1.98. The van der Waals surface area contributed by atoms with Crippen LogP contribution in [0.2, 0.25) is 0 Å². The molecule has 25 heavy (non-hydrogen) atoms. The van der Waals surface area contributed by atoms with Gasteiger partial charge in [-0.1, -0.05) is 6.92 Å². The van der Waals surface area contributed by atoms with Gasteiger partial charge in [0, 0.05) is 23.4 Å². The predicted octanol–water partition coefficient (Wildman–Crippen LogP) is 3.46. The van der Waals surface area contributed by atoms with Crippen LogP contribution >= 0.6 is 0 Å². The van der Waals surface area contributed by atoms with Gasteiger partial charge in [0.15, 0.2) is 0 Å². The maximum Gasteiger partial charge on any atom is 0.337 e. The fourth-order valence-electron chi connectivity index (χ4n) is 2.17. The Morgan fingerprint density at radius 2 is 1.36 bits per heavy atom. The van der Waals surface area contributed by atoms with E-state index in [-0.39, 0.29) is 11.8 Å². The van der Waals surface area contributed by atoms with Crippen molar-refractivity contribution in [3.05, 3.63) is 59.7 Å². The van der Waals surface area contributed by atoms with Crippen molar-refractivity contribution in [2.45, 2.75) is 19.8 Å². The number of rotatable bonds is 6. The maximum absolute atomic E-state index is 12.2. The van der Waals surface area contributed by atoms with Crippen molar-refractivity contribution >= 4 is 29.2 Å². The summed E-state index contributed by atoms with van der Waals surface area (Å²) >= 11 is 0. The summed E-state index contributed by atoms with van der Waals surface area (Å²) in [6, 6.07) is 13.1. The third kappa shape index (κ3) is 5.17. The van der Waals surface area contributed by atoms with Crippen LogP contribution in [0.3, 0.4) is 0 Å². The lowest BCUT2D eigenvalue weighted by atomic mass is 10.1. The predicted molar refractivity (Wildman–Crippen MR) is 95.7 cm³/mol. The normalized spacial score (nSPS) is 10.0. The lowest BCUT2D eigenvalue weighted by Crippen LogP contribution is -2.13. The zero-order chi connectivity index (χ0) is 18.2. The third-order valence-corrected chi connectivity index (χ3v) is 3.47. The summed E-state index contributed by atoms with van der Waals surface area (Å²) in [7, 11) is 1.30. The maximum atomic E-state index is 12.2. The number of nitrogens with one attached hydrogen (secondary N) is 2. The number of esters is 1. The molecule has 0 aliphatic heterocycles. The number of hydrogen-bond donors (Lipinski definition) is 2. The van der Waals surface area contributed by atoms with Crippen molar-refractivity contribution in [2.75, 3.05) is 17.7 Å². The molecule has 2 aromatic carbocycles. The van der Waals surface area contributed by atoms with Crippen LogP contribution in [-0.2, 0) is 9.53 Å². The lowest BCUT2D eigenvalue weighted by Gasteiger charge is -2.08. The number of methoxy groups -OCH3 is 1. The van der Waals surface area contributed by atoms with Crippen LogP contribution in [0.25, 0.3) is 0 Å². The van der Waals surface area contributed by atoms with Crippen molar-refractivity contribution in [1.82, 2.24) is 0 Å². The number of hydrogen-bond acceptors (Lipinski definition) is 4. The average molecular weight is 340 g/mol.